The van der Waals surface area contributed by atoms with Crippen LogP contribution in [0.2, 0.25) is 0 Å². The Balaban J connectivity index is 1.52. The Labute approximate surface area is 245 Å². The first-order valence-corrected chi connectivity index (χ1v) is 14.3. The number of aromatic nitrogens is 4. The third-order valence-corrected chi connectivity index (χ3v) is 7.23. The van der Waals surface area contributed by atoms with Gasteiger partial charge in [-0.05, 0) is 93.5 Å². The standard InChI is InChI=1S/C32H39FN6O3/c1-19(2)38-28(40)26-17-34-29(36-27(26)39(38)25-15-22(31(3,4)5)14-23(33)16-25)35-24-10-9-20-11-12-37(18-21(20)13-24)30(41)42-32(6,7)8/h9-10,13-17,19H,11-12,18H2,1-8H3,(H,34,35,36). The molecule has 0 saturated heterocycles. The summed E-state index contributed by atoms with van der Waals surface area (Å²) in [5.41, 5.74) is 3.52. The highest BCUT2D eigenvalue weighted by atomic mass is 19.1. The lowest BCUT2D eigenvalue weighted by Gasteiger charge is -2.31. The second kappa shape index (κ2) is 10.6. The Morgan fingerprint density at radius 1 is 1.05 bits per heavy atom. The van der Waals surface area contributed by atoms with Crippen molar-refractivity contribution in [3.8, 4) is 5.69 Å². The van der Waals surface area contributed by atoms with E-state index in [9.17, 15) is 14.0 Å². The number of ether oxygens (including phenoxy) is 1. The van der Waals surface area contributed by atoms with Crippen LogP contribution in [0.5, 0.6) is 0 Å². The van der Waals surface area contributed by atoms with Crippen molar-refractivity contribution in [1.82, 2.24) is 24.2 Å². The third kappa shape index (κ3) is 5.89. The van der Waals surface area contributed by atoms with Crippen LogP contribution in [0.15, 0.2) is 47.4 Å². The summed E-state index contributed by atoms with van der Waals surface area (Å²) in [6.45, 7) is 16.5. The second-order valence-corrected chi connectivity index (χ2v) is 13.2. The van der Waals surface area contributed by atoms with Crippen LogP contribution >= 0.6 is 0 Å². The lowest BCUT2D eigenvalue weighted by Crippen LogP contribution is -2.39. The first-order valence-electron chi connectivity index (χ1n) is 14.3. The predicted octanol–water partition coefficient (Wildman–Crippen LogP) is 6.64. The minimum absolute atomic E-state index is 0.210. The molecule has 0 aliphatic carbocycles. The van der Waals surface area contributed by atoms with Gasteiger partial charge in [0, 0.05) is 31.0 Å². The van der Waals surface area contributed by atoms with E-state index in [-0.39, 0.29) is 28.9 Å². The Morgan fingerprint density at radius 3 is 2.45 bits per heavy atom. The van der Waals surface area contributed by atoms with Crippen molar-refractivity contribution in [2.24, 2.45) is 0 Å². The van der Waals surface area contributed by atoms with Crippen LogP contribution < -0.4 is 10.9 Å². The van der Waals surface area contributed by atoms with E-state index in [0.29, 0.717) is 35.8 Å². The predicted molar refractivity (Wildman–Crippen MR) is 162 cm³/mol. The Hall–Kier alpha value is -4.21. The van der Waals surface area contributed by atoms with E-state index in [2.05, 4.69) is 10.3 Å². The van der Waals surface area contributed by atoms with E-state index in [1.54, 1.807) is 14.3 Å². The van der Waals surface area contributed by atoms with Crippen molar-refractivity contribution < 1.29 is 13.9 Å². The zero-order valence-corrected chi connectivity index (χ0v) is 25.6. The summed E-state index contributed by atoms with van der Waals surface area (Å²) in [4.78, 5) is 37.0. The van der Waals surface area contributed by atoms with Gasteiger partial charge in [0.05, 0.1) is 5.69 Å². The summed E-state index contributed by atoms with van der Waals surface area (Å²) >= 11 is 0. The third-order valence-electron chi connectivity index (χ3n) is 7.23. The topological polar surface area (TPSA) is 94.3 Å². The Kier molecular flexibility index (Phi) is 7.37. The highest BCUT2D eigenvalue weighted by molar-refractivity contribution is 5.77. The molecular formula is C32H39FN6O3. The number of nitrogens with zero attached hydrogens (tertiary/aromatic N) is 5. The van der Waals surface area contributed by atoms with Crippen LogP contribution in [0.1, 0.15) is 78.1 Å². The van der Waals surface area contributed by atoms with Crippen LogP contribution in [0.4, 0.5) is 20.8 Å². The van der Waals surface area contributed by atoms with Crippen LogP contribution in [-0.4, -0.2) is 42.5 Å². The van der Waals surface area contributed by atoms with Gasteiger partial charge >= 0.3 is 6.09 Å². The summed E-state index contributed by atoms with van der Waals surface area (Å²) in [6, 6.07) is 10.6. The second-order valence-electron chi connectivity index (χ2n) is 13.2. The van der Waals surface area contributed by atoms with Gasteiger partial charge in [0.25, 0.3) is 5.56 Å². The van der Waals surface area contributed by atoms with E-state index >= 15 is 0 Å². The molecule has 1 aliphatic heterocycles. The number of rotatable bonds is 4. The fourth-order valence-electron chi connectivity index (χ4n) is 5.15. The van der Waals surface area contributed by atoms with Crippen LogP contribution in [0.3, 0.4) is 0 Å². The molecule has 0 bridgehead atoms. The Morgan fingerprint density at radius 2 is 1.79 bits per heavy atom. The molecule has 5 rings (SSSR count). The fourth-order valence-corrected chi connectivity index (χ4v) is 5.15. The number of carbonyl (C=O) groups excluding carboxylic acids is 1. The maximum absolute atomic E-state index is 14.9. The molecule has 4 aromatic rings. The molecular weight excluding hydrogens is 535 g/mol. The van der Waals surface area contributed by atoms with Gasteiger partial charge in [-0.1, -0.05) is 26.8 Å². The number of fused-ring (bicyclic) bond motifs is 2. The van der Waals surface area contributed by atoms with Gasteiger partial charge in [-0.25, -0.2) is 23.5 Å². The quantitative estimate of drug-likeness (QED) is 0.294. The van der Waals surface area contributed by atoms with E-state index < -0.39 is 5.60 Å². The normalized spacial score (nSPS) is 13.9. The largest absolute Gasteiger partial charge is 0.444 e. The molecule has 3 heterocycles. The number of anilines is 2. The summed E-state index contributed by atoms with van der Waals surface area (Å²) in [5, 5.41) is 3.60. The number of nitrogens with one attached hydrogen (secondary N) is 1. The number of benzene rings is 2. The van der Waals surface area contributed by atoms with Crippen LogP contribution in [0.25, 0.3) is 16.7 Å². The molecule has 0 unspecified atom stereocenters. The number of carbonyl (C=O) groups is 1. The summed E-state index contributed by atoms with van der Waals surface area (Å²) in [7, 11) is 0. The Bertz CT molecular complexity index is 1730. The zero-order chi connectivity index (χ0) is 30.6. The average molecular weight is 575 g/mol. The maximum atomic E-state index is 14.9. The summed E-state index contributed by atoms with van der Waals surface area (Å²) in [6.07, 6.45) is 1.91. The van der Waals surface area contributed by atoms with Gasteiger partial charge < -0.3 is 15.0 Å². The van der Waals surface area contributed by atoms with Gasteiger partial charge in [0.2, 0.25) is 5.95 Å². The summed E-state index contributed by atoms with van der Waals surface area (Å²) in [5.74, 6) is -0.0896. The maximum Gasteiger partial charge on any atom is 0.410 e. The zero-order valence-electron chi connectivity index (χ0n) is 25.6. The fraction of sp³-hybridized carbons (Fsp3) is 0.438. The number of hydrogen-bond acceptors (Lipinski definition) is 6. The smallest absolute Gasteiger partial charge is 0.410 e. The lowest BCUT2D eigenvalue weighted by atomic mass is 9.87. The molecule has 0 atom stereocenters. The highest BCUT2D eigenvalue weighted by Gasteiger charge is 2.26. The molecule has 0 fully saturated rings. The lowest BCUT2D eigenvalue weighted by molar-refractivity contribution is 0.0224. The van der Waals surface area contributed by atoms with E-state index in [1.807, 2.05) is 79.7 Å². The molecule has 1 aliphatic rings. The van der Waals surface area contributed by atoms with Crippen molar-refractivity contribution in [2.45, 2.75) is 85.4 Å². The molecule has 10 heteroatoms. The minimum Gasteiger partial charge on any atom is -0.444 e. The molecule has 0 radical (unpaired) electrons. The van der Waals surface area contributed by atoms with Crippen LogP contribution in [0, 0.1) is 5.82 Å². The van der Waals surface area contributed by atoms with Crippen molar-refractivity contribution in [1.29, 1.82) is 0 Å². The molecule has 0 spiro atoms. The van der Waals surface area contributed by atoms with Crippen LogP contribution in [-0.2, 0) is 23.1 Å². The van der Waals surface area contributed by atoms with E-state index in [1.165, 1.54) is 23.9 Å². The number of hydrogen-bond donors (Lipinski definition) is 1. The molecule has 1 amide bonds. The number of amides is 1. The molecule has 222 valence electrons. The molecule has 0 saturated carbocycles. The minimum atomic E-state index is -0.564. The van der Waals surface area contributed by atoms with Crippen molar-refractivity contribution in [3.05, 3.63) is 75.5 Å². The van der Waals surface area contributed by atoms with Gasteiger partial charge in [0.1, 0.15) is 16.8 Å². The SMILES string of the molecule is CC(C)n1c(=O)c2cnc(Nc3ccc4c(c3)CN(C(=O)OC(C)(C)C)CC4)nc2n1-c1cc(F)cc(C(C)(C)C)c1. The molecule has 9 nitrogen and oxygen atoms in total. The highest BCUT2D eigenvalue weighted by Crippen LogP contribution is 2.29. The first-order chi connectivity index (χ1) is 19.6. The average Bonchev–Trinajstić information content (AvgIpc) is 3.18. The van der Waals surface area contributed by atoms with Crippen molar-refractivity contribution in [3.63, 3.8) is 0 Å². The first kappa shape index (κ1) is 29.3. The molecule has 42 heavy (non-hydrogen) atoms. The van der Waals surface area contributed by atoms with E-state index in [4.69, 9.17) is 9.72 Å². The number of halogens is 1. The van der Waals surface area contributed by atoms with Crippen molar-refractivity contribution in [2.75, 3.05) is 11.9 Å². The van der Waals surface area contributed by atoms with Gasteiger partial charge in [-0.3, -0.25) is 4.79 Å². The van der Waals surface area contributed by atoms with Gasteiger partial charge in [0.15, 0.2) is 5.65 Å². The molecule has 2 aromatic heterocycles. The summed E-state index contributed by atoms with van der Waals surface area (Å²) < 4.78 is 23.7. The van der Waals surface area contributed by atoms with Gasteiger partial charge in [-0.15, -0.1) is 0 Å². The van der Waals surface area contributed by atoms with E-state index in [0.717, 1.165) is 23.2 Å². The van der Waals surface area contributed by atoms with Gasteiger partial charge in [-0.2, -0.15) is 4.98 Å². The molecule has 2 aromatic carbocycles. The monoisotopic (exact) mass is 574 g/mol. The molecule has 1 N–H and O–H groups in total. The van der Waals surface area contributed by atoms with Crippen molar-refractivity contribution >= 4 is 28.8 Å².